The van der Waals surface area contributed by atoms with Crippen molar-refractivity contribution in [2.24, 2.45) is 0 Å². The molecular formula is C25H31NO. The quantitative estimate of drug-likeness (QED) is 0.401. The lowest BCUT2D eigenvalue weighted by atomic mass is 9.94. The van der Waals surface area contributed by atoms with Gasteiger partial charge in [-0.25, -0.2) is 0 Å². The molecule has 0 N–H and O–H groups in total. The van der Waals surface area contributed by atoms with Crippen LogP contribution in [0.5, 0.6) is 0 Å². The first-order chi connectivity index (χ1) is 13.3. The van der Waals surface area contributed by atoms with Crippen molar-refractivity contribution in [3.05, 3.63) is 76.1 Å². The predicted molar refractivity (Wildman–Crippen MR) is 116 cm³/mol. The Hall–Kier alpha value is -2.35. The zero-order chi connectivity index (χ0) is 19.1. The van der Waals surface area contributed by atoms with Crippen molar-refractivity contribution in [1.29, 1.82) is 0 Å². The third kappa shape index (κ3) is 4.32. The van der Waals surface area contributed by atoms with Crippen LogP contribution in [0.15, 0.2) is 59.4 Å². The zero-order valence-electron chi connectivity index (χ0n) is 16.7. The summed E-state index contributed by atoms with van der Waals surface area (Å²) >= 11 is 0. The summed E-state index contributed by atoms with van der Waals surface area (Å²) in [6, 6.07) is 18.5. The van der Waals surface area contributed by atoms with Gasteiger partial charge in [-0.15, -0.1) is 0 Å². The molecule has 0 aliphatic heterocycles. The fourth-order valence-electron chi connectivity index (χ4n) is 3.94. The maximum Gasteiger partial charge on any atom is 0.259 e. The van der Waals surface area contributed by atoms with Crippen LogP contribution >= 0.6 is 0 Å². The van der Waals surface area contributed by atoms with Crippen LogP contribution < -0.4 is 5.56 Å². The van der Waals surface area contributed by atoms with Crippen molar-refractivity contribution in [2.75, 3.05) is 0 Å². The number of pyridine rings is 1. The summed E-state index contributed by atoms with van der Waals surface area (Å²) in [6.45, 7) is 4.44. The van der Waals surface area contributed by atoms with E-state index in [2.05, 4.69) is 32.0 Å². The van der Waals surface area contributed by atoms with E-state index in [0.29, 0.717) is 0 Å². The third-order valence-corrected chi connectivity index (χ3v) is 5.37. The second kappa shape index (κ2) is 9.55. The predicted octanol–water partition coefficient (Wildman–Crippen LogP) is 6.46. The summed E-state index contributed by atoms with van der Waals surface area (Å²) in [4.78, 5) is 13.6. The first-order valence-corrected chi connectivity index (χ1v) is 10.5. The lowest BCUT2D eigenvalue weighted by Crippen LogP contribution is -2.25. The van der Waals surface area contributed by atoms with Gasteiger partial charge in [0.2, 0.25) is 0 Å². The minimum atomic E-state index is 0.169. The fraction of sp³-hybridized carbons (Fsp3) is 0.400. The van der Waals surface area contributed by atoms with Crippen LogP contribution in [0.1, 0.15) is 63.5 Å². The number of fused-ring (bicyclic) bond motifs is 1. The highest BCUT2D eigenvalue weighted by molar-refractivity contribution is 5.85. The maximum absolute atomic E-state index is 13.6. The van der Waals surface area contributed by atoms with Crippen molar-refractivity contribution < 1.29 is 0 Å². The number of hydrogen-bond donors (Lipinski definition) is 0. The van der Waals surface area contributed by atoms with Gasteiger partial charge in [-0.1, -0.05) is 75.9 Å². The topological polar surface area (TPSA) is 22.0 Å². The summed E-state index contributed by atoms with van der Waals surface area (Å²) < 4.78 is 1.92. The Balaban J connectivity index is 2.22. The molecule has 2 nitrogen and oxygen atoms in total. The molecule has 2 heteroatoms. The first-order valence-electron chi connectivity index (χ1n) is 10.5. The minimum absolute atomic E-state index is 0.169. The number of benzene rings is 2. The lowest BCUT2D eigenvalue weighted by molar-refractivity contribution is 0.689. The number of aryl methyl sites for hydroxylation is 1. The molecule has 0 amide bonds. The molecule has 0 saturated heterocycles. The molecular weight excluding hydrogens is 330 g/mol. The van der Waals surface area contributed by atoms with Crippen molar-refractivity contribution in [3.63, 3.8) is 0 Å². The number of unbranched alkanes of at least 4 members (excludes halogenated alkanes) is 4. The molecule has 0 radical (unpaired) electrons. The Morgan fingerprint density at radius 3 is 1.96 bits per heavy atom. The van der Waals surface area contributed by atoms with Crippen molar-refractivity contribution >= 4 is 10.9 Å². The second-order valence-electron chi connectivity index (χ2n) is 7.36. The van der Waals surface area contributed by atoms with Gasteiger partial charge in [0.25, 0.3) is 5.56 Å². The zero-order valence-corrected chi connectivity index (χ0v) is 16.7. The van der Waals surface area contributed by atoms with Crippen LogP contribution in [0.25, 0.3) is 16.6 Å². The van der Waals surface area contributed by atoms with E-state index >= 15 is 0 Å². The lowest BCUT2D eigenvalue weighted by Gasteiger charge is -2.18. The van der Waals surface area contributed by atoms with E-state index in [0.717, 1.165) is 42.5 Å². The molecule has 0 aliphatic carbocycles. The third-order valence-electron chi connectivity index (χ3n) is 5.37. The smallest absolute Gasteiger partial charge is 0.259 e. The molecule has 3 aromatic rings. The molecule has 1 heterocycles. The molecule has 2 aromatic carbocycles. The van der Waals surface area contributed by atoms with E-state index in [1.165, 1.54) is 36.6 Å². The van der Waals surface area contributed by atoms with Gasteiger partial charge in [0.15, 0.2) is 0 Å². The van der Waals surface area contributed by atoms with Gasteiger partial charge >= 0.3 is 0 Å². The molecule has 0 saturated carbocycles. The number of aromatic nitrogens is 1. The SMILES string of the molecule is CCCCCc1c(CCCCC)c2ccccc2n(-c2ccccc2)c1=O. The van der Waals surface area contributed by atoms with E-state index in [1.807, 2.05) is 41.0 Å². The van der Waals surface area contributed by atoms with Crippen molar-refractivity contribution in [1.82, 2.24) is 4.57 Å². The van der Waals surface area contributed by atoms with Crippen molar-refractivity contribution in [3.8, 4) is 5.69 Å². The maximum atomic E-state index is 13.6. The Bertz CT molecular complexity index is 924. The van der Waals surface area contributed by atoms with Gasteiger partial charge in [-0.3, -0.25) is 9.36 Å². The molecule has 0 aliphatic rings. The van der Waals surface area contributed by atoms with Crippen LogP contribution in [0.2, 0.25) is 0 Å². The largest absolute Gasteiger partial charge is 0.277 e. The summed E-state index contributed by atoms with van der Waals surface area (Å²) in [5.41, 5.74) is 4.46. The number of nitrogens with zero attached hydrogens (tertiary/aromatic N) is 1. The monoisotopic (exact) mass is 361 g/mol. The molecule has 0 bridgehead atoms. The van der Waals surface area contributed by atoms with Gasteiger partial charge in [-0.05, 0) is 49.4 Å². The van der Waals surface area contributed by atoms with Crippen LogP contribution in [0.3, 0.4) is 0 Å². The van der Waals surface area contributed by atoms with E-state index < -0.39 is 0 Å². The second-order valence-corrected chi connectivity index (χ2v) is 7.36. The number of hydrogen-bond acceptors (Lipinski definition) is 1. The summed E-state index contributed by atoms with van der Waals surface area (Å²) in [6.07, 6.45) is 8.87. The highest BCUT2D eigenvalue weighted by Crippen LogP contribution is 2.25. The van der Waals surface area contributed by atoms with E-state index in [4.69, 9.17) is 0 Å². The highest BCUT2D eigenvalue weighted by atomic mass is 16.1. The van der Waals surface area contributed by atoms with Crippen LogP contribution in [-0.2, 0) is 12.8 Å². The van der Waals surface area contributed by atoms with Crippen molar-refractivity contribution in [2.45, 2.75) is 65.2 Å². The Morgan fingerprint density at radius 2 is 1.30 bits per heavy atom. The molecule has 0 unspecified atom stereocenters. The standard InChI is InChI=1S/C25H31NO/c1-3-5-8-16-21-22-17-12-13-19-24(22)26(20-14-10-7-11-15-20)25(27)23(21)18-9-6-4-2/h7,10-15,17,19H,3-6,8-9,16,18H2,1-2H3. The van der Waals surface area contributed by atoms with E-state index in [1.54, 1.807) is 0 Å². The van der Waals surface area contributed by atoms with Gasteiger partial charge in [0.1, 0.15) is 0 Å². The van der Waals surface area contributed by atoms with E-state index in [-0.39, 0.29) is 5.56 Å². The minimum Gasteiger partial charge on any atom is -0.277 e. The summed E-state index contributed by atoms with van der Waals surface area (Å²) in [5, 5.41) is 1.24. The molecule has 1 aromatic heterocycles. The average Bonchev–Trinajstić information content (AvgIpc) is 2.70. The molecule has 0 spiro atoms. The summed E-state index contributed by atoms with van der Waals surface area (Å²) in [5.74, 6) is 0. The Kier molecular flexibility index (Phi) is 6.86. The van der Waals surface area contributed by atoms with Gasteiger partial charge in [0, 0.05) is 16.6 Å². The molecule has 3 rings (SSSR count). The van der Waals surface area contributed by atoms with Crippen LogP contribution in [-0.4, -0.2) is 4.57 Å². The average molecular weight is 362 g/mol. The fourth-order valence-corrected chi connectivity index (χ4v) is 3.94. The van der Waals surface area contributed by atoms with Crippen LogP contribution in [0.4, 0.5) is 0 Å². The van der Waals surface area contributed by atoms with Gasteiger partial charge in [-0.2, -0.15) is 0 Å². The number of rotatable bonds is 9. The number of para-hydroxylation sites is 2. The van der Waals surface area contributed by atoms with Gasteiger partial charge < -0.3 is 0 Å². The Labute approximate surface area is 162 Å². The normalized spacial score (nSPS) is 11.2. The van der Waals surface area contributed by atoms with E-state index in [9.17, 15) is 4.79 Å². The highest BCUT2D eigenvalue weighted by Gasteiger charge is 2.17. The first kappa shape index (κ1) is 19.4. The molecule has 0 fully saturated rings. The molecule has 142 valence electrons. The van der Waals surface area contributed by atoms with Gasteiger partial charge in [0.05, 0.1) is 5.52 Å². The van der Waals surface area contributed by atoms with Crippen LogP contribution in [0, 0.1) is 0 Å². The summed E-state index contributed by atoms with van der Waals surface area (Å²) in [7, 11) is 0. The Morgan fingerprint density at radius 1 is 0.704 bits per heavy atom. The molecule has 27 heavy (non-hydrogen) atoms. The molecule has 0 atom stereocenters.